The summed E-state index contributed by atoms with van der Waals surface area (Å²) in [6.45, 7) is 0. The van der Waals surface area contributed by atoms with Gasteiger partial charge in [0.25, 0.3) is 0 Å². The van der Waals surface area contributed by atoms with Gasteiger partial charge in [0.1, 0.15) is 5.82 Å². The fourth-order valence-electron chi connectivity index (χ4n) is 1.75. The molecule has 0 bridgehead atoms. The van der Waals surface area contributed by atoms with Crippen molar-refractivity contribution < 1.29 is 4.39 Å². The molecule has 0 fully saturated rings. The van der Waals surface area contributed by atoms with Gasteiger partial charge in [-0.2, -0.15) is 11.3 Å². The minimum absolute atomic E-state index is 0.0522. The van der Waals surface area contributed by atoms with E-state index in [1.165, 1.54) is 11.6 Å². The molecule has 0 aliphatic heterocycles. The first kappa shape index (κ1) is 11.3. The fraction of sp³-hybridized carbons (Fsp3) is 0.231. The van der Waals surface area contributed by atoms with Crippen molar-refractivity contribution in [2.45, 2.75) is 18.9 Å². The average Bonchev–Trinajstić information content (AvgIpc) is 2.70. The highest BCUT2D eigenvalue weighted by atomic mass is 32.1. The van der Waals surface area contributed by atoms with Gasteiger partial charge in [0.05, 0.1) is 0 Å². The van der Waals surface area contributed by atoms with Crippen LogP contribution in [0.25, 0.3) is 0 Å². The lowest BCUT2D eigenvalue weighted by Crippen LogP contribution is -2.25. The van der Waals surface area contributed by atoms with E-state index >= 15 is 0 Å². The number of thiophene rings is 1. The summed E-state index contributed by atoms with van der Waals surface area (Å²) in [5.74, 6) is -0.194. The van der Waals surface area contributed by atoms with Gasteiger partial charge in [-0.05, 0) is 52.9 Å². The Hall–Kier alpha value is -1.19. The average molecular weight is 235 g/mol. The number of hydrogen-bond donors (Lipinski definition) is 1. The molecule has 1 unspecified atom stereocenters. The Morgan fingerprint density at radius 3 is 2.69 bits per heavy atom. The van der Waals surface area contributed by atoms with E-state index in [1.54, 1.807) is 23.5 Å². The maximum atomic E-state index is 13.0. The highest BCUT2D eigenvalue weighted by Gasteiger charge is 2.06. The summed E-state index contributed by atoms with van der Waals surface area (Å²) in [6, 6.07) is 8.77. The molecule has 84 valence electrons. The molecule has 3 heteroatoms. The van der Waals surface area contributed by atoms with Crippen molar-refractivity contribution >= 4 is 11.3 Å². The molecule has 0 spiro atoms. The van der Waals surface area contributed by atoms with Crippen LogP contribution in [0.3, 0.4) is 0 Å². The predicted octanol–water partition coefficient (Wildman–Crippen LogP) is 3.00. The van der Waals surface area contributed by atoms with Gasteiger partial charge in [-0.15, -0.1) is 0 Å². The van der Waals surface area contributed by atoms with Crippen LogP contribution in [0, 0.1) is 5.82 Å². The van der Waals surface area contributed by atoms with E-state index in [9.17, 15) is 4.39 Å². The third-order valence-corrected chi connectivity index (χ3v) is 3.20. The predicted molar refractivity (Wildman–Crippen MR) is 66.1 cm³/mol. The van der Waals surface area contributed by atoms with Crippen molar-refractivity contribution in [2.75, 3.05) is 0 Å². The Balaban J connectivity index is 1.94. The summed E-state index contributed by atoms with van der Waals surface area (Å²) >= 11 is 1.67. The summed E-state index contributed by atoms with van der Waals surface area (Å²) in [4.78, 5) is 0. The molecule has 0 saturated heterocycles. The Bertz CT molecular complexity index is 439. The van der Waals surface area contributed by atoms with Crippen molar-refractivity contribution in [3.05, 3.63) is 58.0 Å². The second-order valence-corrected chi connectivity index (χ2v) is 4.71. The SMILES string of the molecule is NC(Cc1ccsc1)Cc1cccc(F)c1. The minimum Gasteiger partial charge on any atom is -0.327 e. The summed E-state index contributed by atoms with van der Waals surface area (Å²) < 4.78 is 13.0. The highest BCUT2D eigenvalue weighted by molar-refractivity contribution is 7.07. The van der Waals surface area contributed by atoms with E-state index in [-0.39, 0.29) is 11.9 Å². The van der Waals surface area contributed by atoms with Crippen molar-refractivity contribution in [1.82, 2.24) is 0 Å². The molecule has 16 heavy (non-hydrogen) atoms. The van der Waals surface area contributed by atoms with Gasteiger partial charge in [-0.1, -0.05) is 12.1 Å². The number of hydrogen-bond acceptors (Lipinski definition) is 2. The molecule has 0 aliphatic rings. The topological polar surface area (TPSA) is 26.0 Å². The van der Waals surface area contributed by atoms with Gasteiger partial charge in [0.15, 0.2) is 0 Å². The summed E-state index contributed by atoms with van der Waals surface area (Å²) in [5, 5.41) is 4.15. The van der Waals surface area contributed by atoms with Crippen LogP contribution in [0.4, 0.5) is 4.39 Å². The van der Waals surface area contributed by atoms with Crippen LogP contribution in [0.1, 0.15) is 11.1 Å². The first-order valence-electron chi connectivity index (χ1n) is 5.25. The maximum absolute atomic E-state index is 13.0. The van der Waals surface area contributed by atoms with Crippen LogP contribution in [0.5, 0.6) is 0 Å². The molecule has 0 radical (unpaired) electrons. The van der Waals surface area contributed by atoms with Crippen LogP contribution >= 0.6 is 11.3 Å². The summed E-state index contributed by atoms with van der Waals surface area (Å²) in [7, 11) is 0. The van der Waals surface area contributed by atoms with Crippen molar-refractivity contribution in [3.63, 3.8) is 0 Å². The van der Waals surface area contributed by atoms with Crippen LogP contribution < -0.4 is 5.73 Å². The zero-order valence-electron chi connectivity index (χ0n) is 8.90. The van der Waals surface area contributed by atoms with E-state index in [1.807, 2.05) is 11.4 Å². The molecular formula is C13H14FNS. The fourth-order valence-corrected chi connectivity index (χ4v) is 2.43. The molecule has 1 atom stereocenters. The Labute approximate surface area is 98.7 Å². The van der Waals surface area contributed by atoms with Crippen molar-refractivity contribution in [3.8, 4) is 0 Å². The monoisotopic (exact) mass is 235 g/mol. The van der Waals surface area contributed by atoms with Gasteiger partial charge in [-0.25, -0.2) is 4.39 Å². The summed E-state index contributed by atoms with van der Waals surface area (Å²) in [5.41, 5.74) is 8.25. The lowest BCUT2D eigenvalue weighted by Gasteiger charge is -2.10. The van der Waals surface area contributed by atoms with Gasteiger partial charge in [0, 0.05) is 6.04 Å². The first-order valence-corrected chi connectivity index (χ1v) is 6.19. The third kappa shape index (κ3) is 3.15. The van der Waals surface area contributed by atoms with Crippen LogP contribution in [-0.2, 0) is 12.8 Å². The third-order valence-electron chi connectivity index (χ3n) is 2.46. The molecule has 0 aliphatic carbocycles. The standard InChI is InChI=1S/C13H14FNS/c14-12-3-1-2-10(6-12)7-13(15)8-11-4-5-16-9-11/h1-6,9,13H,7-8,15H2. The number of rotatable bonds is 4. The molecule has 0 amide bonds. The smallest absolute Gasteiger partial charge is 0.123 e. The molecular weight excluding hydrogens is 221 g/mol. The van der Waals surface area contributed by atoms with Gasteiger partial charge in [0.2, 0.25) is 0 Å². The lowest BCUT2D eigenvalue weighted by molar-refractivity contribution is 0.618. The molecule has 1 nitrogen and oxygen atoms in total. The van der Waals surface area contributed by atoms with Crippen molar-refractivity contribution in [1.29, 1.82) is 0 Å². The largest absolute Gasteiger partial charge is 0.327 e. The Morgan fingerprint density at radius 2 is 2.00 bits per heavy atom. The number of benzene rings is 1. The summed E-state index contributed by atoms with van der Waals surface area (Å²) in [6.07, 6.45) is 1.56. The molecule has 2 rings (SSSR count). The van der Waals surface area contributed by atoms with Crippen LogP contribution in [0.15, 0.2) is 41.1 Å². The molecule has 0 saturated carbocycles. The maximum Gasteiger partial charge on any atom is 0.123 e. The Kier molecular flexibility index (Phi) is 3.70. The number of halogens is 1. The van der Waals surface area contributed by atoms with E-state index in [2.05, 4.69) is 11.4 Å². The van der Waals surface area contributed by atoms with E-state index in [0.717, 1.165) is 12.0 Å². The molecule has 1 aromatic carbocycles. The van der Waals surface area contributed by atoms with E-state index in [4.69, 9.17) is 5.73 Å². The molecule has 1 heterocycles. The Morgan fingerprint density at radius 1 is 1.19 bits per heavy atom. The second kappa shape index (κ2) is 5.23. The zero-order chi connectivity index (χ0) is 11.4. The van der Waals surface area contributed by atoms with Crippen LogP contribution in [-0.4, -0.2) is 6.04 Å². The first-order chi connectivity index (χ1) is 7.74. The highest BCUT2D eigenvalue weighted by Crippen LogP contribution is 2.11. The minimum atomic E-state index is -0.194. The normalized spacial score (nSPS) is 12.6. The second-order valence-electron chi connectivity index (χ2n) is 3.93. The zero-order valence-corrected chi connectivity index (χ0v) is 9.71. The lowest BCUT2D eigenvalue weighted by atomic mass is 10.0. The van der Waals surface area contributed by atoms with E-state index < -0.39 is 0 Å². The van der Waals surface area contributed by atoms with Gasteiger partial charge in [-0.3, -0.25) is 0 Å². The molecule has 2 N–H and O–H groups in total. The van der Waals surface area contributed by atoms with Crippen LogP contribution in [0.2, 0.25) is 0 Å². The van der Waals surface area contributed by atoms with Gasteiger partial charge >= 0.3 is 0 Å². The molecule has 1 aromatic heterocycles. The quantitative estimate of drug-likeness (QED) is 0.866. The van der Waals surface area contributed by atoms with Gasteiger partial charge < -0.3 is 5.73 Å². The van der Waals surface area contributed by atoms with E-state index in [0.29, 0.717) is 6.42 Å². The molecule has 2 aromatic rings. The van der Waals surface area contributed by atoms with Crippen molar-refractivity contribution in [2.24, 2.45) is 5.73 Å². The number of nitrogens with two attached hydrogens (primary N) is 1.